The standard InChI is InChI=1S/C16H20N4O2S/c1-10-6-11(2)15(12(3)7-10)23(21,22)20-5-4-13-8-18-16(17)19-14(13)9-20/h6-8H,4-5,9H2,1-3H3,(H2,17,18,19). The van der Waals surface area contributed by atoms with Crippen LogP contribution in [0.15, 0.2) is 23.2 Å². The third-order valence-electron chi connectivity index (χ3n) is 4.13. The summed E-state index contributed by atoms with van der Waals surface area (Å²) in [6.07, 6.45) is 2.28. The van der Waals surface area contributed by atoms with E-state index in [0.717, 1.165) is 22.3 Å². The first-order valence-electron chi connectivity index (χ1n) is 7.47. The minimum absolute atomic E-state index is 0.172. The molecule has 2 heterocycles. The van der Waals surface area contributed by atoms with Crippen LogP contribution in [0.4, 0.5) is 5.95 Å². The average molecular weight is 332 g/mol. The Hall–Kier alpha value is -1.99. The Balaban J connectivity index is 2.02. The van der Waals surface area contributed by atoms with Crippen LogP contribution in [0, 0.1) is 20.8 Å². The van der Waals surface area contributed by atoms with Crippen LogP contribution in [0.25, 0.3) is 0 Å². The van der Waals surface area contributed by atoms with Crippen LogP contribution in [-0.2, 0) is 23.0 Å². The van der Waals surface area contributed by atoms with Crippen molar-refractivity contribution in [3.05, 3.63) is 46.3 Å². The molecule has 122 valence electrons. The van der Waals surface area contributed by atoms with Gasteiger partial charge in [0.25, 0.3) is 0 Å². The second-order valence-electron chi connectivity index (χ2n) is 6.02. The molecule has 0 radical (unpaired) electrons. The highest BCUT2D eigenvalue weighted by Gasteiger charge is 2.31. The highest BCUT2D eigenvalue weighted by atomic mass is 32.2. The van der Waals surface area contributed by atoms with Gasteiger partial charge in [0.1, 0.15) is 0 Å². The Morgan fingerprint density at radius 2 is 1.83 bits per heavy atom. The first-order chi connectivity index (χ1) is 10.8. The zero-order valence-corrected chi connectivity index (χ0v) is 14.3. The number of aromatic nitrogens is 2. The fourth-order valence-corrected chi connectivity index (χ4v) is 5.02. The minimum Gasteiger partial charge on any atom is -0.368 e. The Morgan fingerprint density at radius 3 is 2.48 bits per heavy atom. The molecule has 0 saturated carbocycles. The van der Waals surface area contributed by atoms with E-state index in [0.29, 0.717) is 23.6 Å². The number of aryl methyl sites for hydroxylation is 3. The van der Waals surface area contributed by atoms with Crippen molar-refractivity contribution < 1.29 is 8.42 Å². The predicted octanol–water partition coefficient (Wildman–Crippen LogP) is 1.73. The summed E-state index contributed by atoms with van der Waals surface area (Å²) in [5.41, 5.74) is 9.88. The molecular weight excluding hydrogens is 312 g/mol. The van der Waals surface area contributed by atoms with Crippen LogP contribution < -0.4 is 5.73 Å². The van der Waals surface area contributed by atoms with E-state index < -0.39 is 10.0 Å². The van der Waals surface area contributed by atoms with E-state index in [4.69, 9.17) is 5.73 Å². The Labute approximate surface area is 136 Å². The molecule has 6 nitrogen and oxygen atoms in total. The lowest BCUT2D eigenvalue weighted by Crippen LogP contribution is -2.37. The number of hydrogen-bond acceptors (Lipinski definition) is 5. The van der Waals surface area contributed by atoms with E-state index >= 15 is 0 Å². The molecular formula is C16H20N4O2S. The van der Waals surface area contributed by atoms with Crippen molar-refractivity contribution in [2.45, 2.75) is 38.6 Å². The molecule has 0 fully saturated rings. The molecule has 0 unspecified atom stereocenters. The van der Waals surface area contributed by atoms with Crippen molar-refractivity contribution in [1.82, 2.24) is 14.3 Å². The van der Waals surface area contributed by atoms with Gasteiger partial charge in [0.15, 0.2) is 0 Å². The summed E-state index contributed by atoms with van der Waals surface area (Å²) in [6, 6.07) is 3.80. The third-order valence-corrected chi connectivity index (χ3v) is 6.28. The van der Waals surface area contributed by atoms with Crippen LogP contribution in [0.1, 0.15) is 27.9 Å². The van der Waals surface area contributed by atoms with Crippen molar-refractivity contribution in [3.8, 4) is 0 Å². The van der Waals surface area contributed by atoms with Gasteiger partial charge >= 0.3 is 0 Å². The first-order valence-corrected chi connectivity index (χ1v) is 8.91. The van der Waals surface area contributed by atoms with Crippen LogP contribution in [-0.4, -0.2) is 29.2 Å². The number of rotatable bonds is 2. The smallest absolute Gasteiger partial charge is 0.243 e. The van der Waals surface area contributed by atoms with Gasteiger partial charge in [-0.05, 0) is 43.9 Å². The van der Waals surface area contributed by atoms with Gasteiger partial charge in [0.05, 0.1) is 17.1 Å². The molecule has 0 saturated heterocycles. The largest absolute Gasteiger partial charge is 0.368 e. The third kappa shape index (κ3) is 2.82. The number of nitrogens with zero attached hydrogens (tertiary/aromatic N) is 3. The van der Waals surface area contributed by atoms with Gasteiger partial charge < -0.3 is 5.73 Å². The molecule has 0 aliphatic carbocycles. The molecule has 2 aromatic rings. The van der Waals surface area contributed by atoms with Gasteiger partial charge in [-0.1, -0.05) is 17.7 Å². The molecule has 1 aromatic carbocycles. The van der Waals surface area contributed by atoms with Gasteiger partial charge in [-0.25, -0.2) is 18.4 Å². The maximum absolute atomic E-state index is 13.1. The summed E-state index contributed by atoms with van der Waals surface area (Å²) in [5.74, 6) is 0.172. The highest BCUT2D eigenvalue weighted by molar-refractivity contribution is 7.89. The number of nitrogens with two attached hydrogens (primary N) is 1. The number of nitrogen functional groups attached to an aromatic ring is 1. The summed E-state index contributed by atoms with van der Waals surface area (Å²) >= 11 is 0. The number of fused-ring (bicyclic) bond motifs is 1. The fraction of sp³-hybridized carbons (Fsp3) is 0.375. The lowest BCUT2D eigenvalue weighted by molar-refractivity contribution is 0.384. The zero-order valence-electron chi connectivity index (χ0n) is 13.5. The van der Waals surface area contributed by atoms with Crippen LogP contribution in [0.5, 0.6) is 0 Å². The molecule has 0 spiro atoms. The van der Waals surface area contributed by atoms with Gasteiger partial charge in [-0.15, -0.1) is 0 Å². The lowest BCUT2D eigenvalue weighted by Gasteiger charge is -2.28. The normalized spacial score (nSPS) is 15.4. The molecule has 0 atom stereocenters. The molecule has 23 heavy (non-hydrogen) atoms. The van der Waals surface area contributed by atoms with Crippen LogP contribution >= 0.6 is 0 Å². The van der Waals surface area contributed by atoms with Crippen molar-refractivity contribution in [2.24, 2.45) is 0 Å². The number of hydrogen-bond donors (Lipinski definition) is 1. The summed E-state index contributed by atoms with van der Waals surface area (Å²) in [4.78, 5) is 8.56. The lowest BCUT2D eigenvalue weighted by atomic mass is 10.1. The van der Waals surface area contributed by atoms with Crippen molar-refractivity contribution in [3.63, 3.8) is 0 Å². The zero-order chi connectivity index (χ0) is 16.8. The summed E-state index contributed by atoms with van der Waals surface area (Å²) in [7, 11) is -3.56. The van der Waals surface area contributed by atoms with Crippen LogP contribution in [0.3, 0.4) is 0 Å². The van der Waals surface area contributed by atoms with Crippen molar-refractivity contribution in [1.29, 1.82) is 0 Å². The number of benzene rings is 1. The van der Waals surface area contributed by atoms with E-state index in [1.807, 2.05) is 32.9 Å². The molecule has 1 aliphatic rings. The maximum Gasteiger partial charge on any atom is 0.243 e. The van der Waals surface area contributed by atoms with Crippen LogP contribution in [0.2, 0.25) is 0 Å². The second kappa shape index (κ2) is 5.58. The molecule has 2 N–H and O–H groups in total. The molecule has 1 aliphatic heterocycles. The minimum atomic E-state index is -3.56. The second-order valence-corrected chi connectivity index (χ2v) is 7.89. The Kier molecular flexibility index (Phi) is 3.85. The monoisotopic (exact) mass is 332 g/mol. The van der Waals surface area contributed by atoms with E-state index in [-0.39, 0.29) is 12.5 Å². The topological polar surface area (TPSA) is 89.2 Å². The Morgan fingerprint density at radius 1 is 1.17 bits per heavy atom. The molecule has 0 amide bonds. The quantitative estimate of drug-likeness (QED) is 0.904. The van der Waals surface area contributed by atoms with Gasteiger partial charge in [0.2, 0.25) is 16.0 Å². The molecule has 0 bridgehead atoms. The van der Waals surface area contributed by atoms with E-state index in [1.165, 1.54) is 4.31 Å². The summed E-state index contributed by atoms with van der Waals surface area (Å²) < 4.78 is 27.7. The van der Waals surface area contributed by atoms with E-state index in [9.17, 15) is 8.42 Å². The highest BCUT2D eigenvalue weighted by Crippen LogP contribution is 2.28. The SMILES string of the molecule is Cc1cc(C)c(S(=O)(=O)N2CCc3cnc(N)nc3C2)c(C)c1. The van der Waals surface area contributed by atoms with Gasteiger partial charge in [0, 0.05) is 12.7 Å². The fourth-order valence-electron chi connectivity index (χ4n) is 3.20. The van der Waals surface area contributed by atoms with E-state index in [2.05, 4.69) is 9.97 Å². The molecule has 3 rings (SSSR count). The van der Waals surface area contributed by atoms with E-state index in [1.54, 1.807) is 6.20 Å². The molecule has 7 heteroatoms. The Bertz CT molecular complexity index is 855. The van der Waals surface area contributed by atoms with Gasteiger partial charge in [-0.3, -0.25) is 0 Å². The summed E-state index contributed by atoms with van der Waals surface area (Å²) in [6.45, 7) is 6.30. The maximum atomic E-state index is 13.1. The number of sulfonamides is 1. The molecule has 1 aromatic heterocycles. The first kappa shape index (κ1) is 15.9. The van der Waals surface area contributed by atoms with Crippen molar-refractivity contribution >= 4 is 16.0 Å². The average Bonchev–Trinajstić information content (AvgIpc) is 2.44. The predicted molar refractivity (Wildman–Crippen MR) is 88.4 cm³/mol. The number of anilines is 1. The summed E-state index contributed by atoms with van der Waals surface area (Å²) in [5, 5.41) is 0. The van der Waals surface area contributed by atoms with Gasteiger partial charge in [-0.2, -0.15) is 4.31 Å². The van der Waals surface area contributed by atoms with Crippen molar-refractivity contribution in [2.75, 3.05) is 12.3 Å².